The predicted molar refractivity (Wildman–Crippen MR) is 49.9 cm³/mol. The first-order valence-electron chi connectivity index (χ1n) is 4.59. The molecule has 1 aliphatic rings. The van der Waals surface area contributed by atoms with Gasteiger partial charge in [-0.25, -0.2) is 0 Å². The number of nitrogens with two attached hydrogens (primary N) is 1. The molecule has 0 spiro atoms. The van der Waals surface area contributed by atoms with Gasteiger partial charge in [-0.05, 0) is 36.8 Å². The second-order valence-corrected chi connectivity index (χ2v) is 3.43. The molecule has 2 rings (SSSR count). The molecule has 0 fully saturated rings. The maximum absolute atomic E-state index is 5.85. The van der Waals surface area contributed by atoms with Gasteiger partial charge in [-0.2, -0.15) is 0 Å². The zero-order chi connectivity index (χ0) is 8.39. The average Bonchev–Trinajstić information content (AvgIpc) is 2.30. The summed E-state index contributed by atoms with van der Waals surface area (Å²) in [4.78, 5) is 4.11. The van der Waals surface area contributed by atoms with Gasteiger partial charge in [0.25, 0.3) is 0 Å². The number of fused-ring (bicyclic) bond motifs is 1. The summed E-state index contributed by atoms with van der Waals surface area (Å²) in [5.74, 6) is 0. The SMILES string of the molecule is Nc1cncc2c1CCCCC2. The molecule has 12 heavy (non-hydrogen) atoms. The van der Waals surface area contributed by atoms with Crippen molar-refractivity contribution in [2.45, 2.75) is 32.1 Å². The van der Waals surface area contributed by atoms with Crippen LogP contribution in [0.1, 0.15) is 30.4 Å². The molecule has 1 heterocycles. The highest BCUT2D eigenvalue weighted by Crippen LogP contribution is 2.23. The normalized spacial score (nSPS) is 16.7. The second kappa shape index (κ2) is 3.13. The summed E-state index contributed by atoms with van der Waals surface area (Å²) < 4.78 is 0. The minimum atomic E-state index is 0.884. The highest BCUT2D eigenvalue weighted by Gasteiger charge is 2.09. The van der Waals surface area contributed by atoms with Crippen molar-refractivity contribution >= 4 is 5.69 Å². The van der Waals surface area contributed by atoms with E-state index in [9.17, 15) is 0 Å². The van der Waals surface area contributed by atoms with Crippen molar-refractivity contribution in [1.29, 1.82) is 0 Å². The van der Waals surface area contributed by atoms with E-state index in [1.165, 1.54) is 30.4 Å². The molecular formula is C10H14N2. The highest BCUT2D eigenvalue weighted by molar-refractivity contribution is 5.48. The van der Waals surface area contributed by atoms with E-state index in [2.05, 4.69) is 4.98 Å². The van der Waals surface area contributed by atoms with Crippen molar-refractivity contribution in [3.8, 4) is 0 Å². The molecule has 0 radical (unpaired) electrons. The smallest absolute Gasteiger partial charge is 0.0535 e. The molecular weight excluding hydrogens is 148 g/mol. The zero-order valence-electron chi connectivity index (χ0n) is 7.21. The number of nitrogens with zero attached hydrogens (tertiary/aromatic N) is 1. The maximum Gasteiger partial charge on any atom is 0.0535 e. The Balaban J connectivity index is 2.42. The number of aromatic nitrogens is 1. The van der Waals surface area contributed by atoms with Crippen LogP contribution in [0, 0.1) is 0 Å². The van der Waals surface area contributed by atoms with Crippen LogP contribution in [0.25, 0.3) is 0 Å². The Labute approximate surface area is 72.8 Å². The van der Waals surface area contributed by atoms with Crippen LogP contribution in [-0.4, -0.2) is 4.98 Å². The molecule has 1 aromatic rings. The van der Waals surface area contributed by atoms with Gasteiger partial charge < -0.3 is 5.73 Å². The van der Waals surface area contributed by atoms with Gasteiger partial charge in [0, 0.05) is 6.20 Å². The molecule has 0 atom stereocenters. The fourth-order valence-electron chi connectivity index (χ4n) is 1.86. The van der Waals surface area contributed by atoms with Crippen molar-refractivity contribution in [2.75, 3.05) is 5.73 Å². The fraction of sp³-hybridized carbons (Fsp3) is 0.500. The van der Waals surface area contributed by atoms with Gasteiger partial charge in [0.1, 0.15) is 0 Å². The zero-order valence-corrected chi connectivity index (χ0v) is 7.21. The van der Waals surface area contributed by atoms with E-state index < -0.39 is 0 Å². The van der Waals surface area contributed by atoms with Crippen LogP contribution in [0.5, 0.6) is 0 Å². The number of rotatable bonds is 0. The van der Waals surface area contributed by atoms with Crippen molar-refractivity contribution < 1.29 is 0 Å². The third kappa shape index (κ3) is 1.29. The summed E-state index contributed by atoms with van der Waals surface area (Å²) >= 11 is 0. The Bertz CT molecular complexity index is 281. The molecule has 0 unspecified atom stereocenters. The van der Waals surface area contributed by atoms with Gasteiger partial charge in [0.05, 0.1) is 11.9 Å². The number of pyridine rings is 1. The lowest BCUT2D eigenvalue weighted by Gasteiger charge is -2.06. The van der Waals surface area contributed by atoms with E-state index in [1.54, 1.807) is 6.20 Å². The Hall–Kier alpha value is -1.05. The summed E-state index contributed by atoms with van der Waals surface area (Å²) in [6.45, 7) is 0. The second-order valence-electron chi connectivity index (χ2n) is 3.43. The minimum absolute atomic E-state index is 0.884. The molecule has 2 nitrogen and oxygen atoms in total. The van der Waals surface area contributed by atoms with Crippen LogP contribution in [0.3, 0.4) is 0 Å². The van der Waals surface area contributed by atoms with Crippen molar-refractivity contribution in [2.24, 2.45) is 0 Å². The van der Waals surface area contributed by atoms with Crippen LogP contribution in [0.2, 0.25) is 0 Å². The largest absolute Gasteiger partial charge is 0.397 e. The first-order valence-corrected chi connectivity index (χ1v) is 4.59. The van der Waals surface area contributed by atoms with Crippen LogP contribution < -0.4 is 5.73 Å². The summed E-state index contributed by atoms with van der Waals surface area (Å²) in [7, 11) is 0. The number of anilines is 1. The standard InChI is InChI=1S/C10H14N2/c11-10-7-12-6-8-4-2-1-3-5-9(8)10/h6-7H,1-5,11H2. The molecule has 0 aromatic carbocycles. The lowest BCUT2D eigenvalue weighted by atomic mass is 10.0. The molecule has 2 heteroatoms. The molecule has 2 N–H and O–H groups in total. The third-order valence-electron chi connectivity index (χ3n) is 2.55. The first kappa shape index (κ1) is 7.59. The van der Waals surface area contributed by atoms with Crippen LogP contribution >= 0.6 is 0 Å². The van der Waals surface area contributed by atoms with E-state index in [0.717, 1.165) is 18.5 Å². The van der Waals surface area contributed by atoms with Crippen molar-refractivity contribution in [3.63, 3.8) is 0 Å². The Kier molecular flexibility index (Phi) is 1.98. The Morgan fingerprint density at radius 3 is 2.83 bits per heavy atom. The molecule has 0 saturated heterocycles. The van der Waals surface area contributed by atoms with Gasteiger partial charge in [0.15, 0.2) is 0 Å². The van der Waals surface area contributed by atoms with Gasteiger partial charge >= 0.3 is 0 Å². The van der Waals surface area contributed by atoms with E-state index in [1.807, 2.05) is 6.20 Å². The van der Waals surface area contributed by atoms with Gasteiger partial charge in [-0.1, -0.05) is 6.42 Å². The average molecular weight is 162 g/mol. The Morgan fingerprint density at radius 2 is 1.92 bits per heavy atom. The van der Waals surface area contributed by atoms with Gasteiger partial charge in [0.2, 0.25) is 0 Å². The van der Waals surface area contributed by atoms with E-state index >= 15 is 0 Å². The first-order chi connectivity index (χ1) is 5.88. The molecule has 1 aromatic heterocycles. The van der Waals surface area contributed by atoms with E-state index in [0.29, 0.717) is 0 Å². The molecule has 0 amide bonds. The topological polar surface area (TPSA) is 38.9 Å². The third-order valence-corrected chi connectivity index (χ3v) is 2.55. The quantitative estimate of drug-likeness (QED) is 0.592. The van der Waals surface area contributed by atoms with E-state index in [4.69, 9.17) is 5.73 Å². The summed E-state index contributed by atoms with van der Waals surface area (Å²) in [6.07, 6.45) is 9.94. The minimum Gasteiger partial charge on any atom is -0.397 e. The number of aryl methyl sites for hydroxylation is 1. The number of hydrogen-bond donors (Lipinski definition) is 1. The molecule has 0 aliphatic heterocycles. The van der Waals surface area contributed by atoms with Crippen LogP contribution in [0.15, 0.2) is 12.4 Å². The monoisotopic (exact) mass is 162 g/mol. The summed E-state index contributed by atoms with van der Waals surface area (Å²) in [6, 6.07) is 0. The number of nitrogen functional groups attached to an aromatic ring is 1. The lowest BCUT2D eigenvalue weighted by Crippen LogP contribution is -1.99. The van der Waals surface area contributed by atoms with Crippen LogP contribution in [0.4, 0.5) is 5.69 Å². The lowest BCUT2D eigenvalue weighted by molar-refractivity contribution is 0.712. The van der Waals surface area contributed by atoms with Gasteiger partial charge in [-0.3, -0.25) is 4.98 Å². The fourth-order valence-corrected chi connectivity index (χ4v) is 1.86. The molecule has 0 saturated carbocycles. The maximum atomic E-state index is 5.85. The van der Waals surface area contributed by atoms with Crippen LogP contribution in [-0.2, 0) is 12.8 Å². The Morgan fingerprint density at radius 1 is 1.08 bits per heavy atom. The summed E-state index contributed by atoms with van der Waals surface area (Å²) in [5.41, 5.74) is 9.45. The van der Waals surface area contributed by atoms with Gasteiger partial charge in [-0.15, -0.1) is 0 Å². The number of hydrogen-bond acceptors (Lipinski definition) is 2. The molecule has 64 valence electrons. The predicted octanol–water partition coefficient (Wildman–Crippen LogP) is 1.93. The highest BCUT2D eigenvalue weighted by atomic mass is 14.7. The molecule has 0 bridgehead atoms. The van der Waals surface area contributed by atoms with E-state index in [-0.39, 0.29) is 0 Å². The van der Waals surface area contributed by atoms with Crippen molar-refractivity contribution in [1.82, 2.24) is 4.98 Å². The molecule has 1 aliphatic carbocycles. The van der Waals surface area contributed by atoms with Crippen molar-refractivity contribution in [3.05, 3.63) is 23.5 Å². The summed E-state index contributed by atoms with van der Waals surface area (Å²) in [5, 5.41) is 0.